The van der Waals surface area contributed by atoms with Gasteiger partial charge in [-0.3, -0.25) is 4.79 Å². The topological polar surface area (TPSA) is 46.5 Å². The summed E-state index contributed by atoms with van der Waals surface area (Å²) in [4.78, 5) is 10.9. The summed E-state index contributed by atoms with van der Waals surface area (Å²) < 4.78 is 5.81. The number of rotatable bonds is 5. The SMILES string of the molecule is C[N+](C)(C)[SiH2]OC(=O)CCCO. The van der Waals surface area contributed by atoms with Crippen LogP contribution in [0, 0.1) is 0 Å². The first-order valence-electron chi connectivity index (χ1n) is 4.02. The Kier molecular flexibility index (Phi) is 5.11. The van der Waals surface area contributed by atoms with Crippen LogP contribution in [0.5, 0.6) is 0 Å². The molecule has 72 valence electrons. The maximum atomic E-state index is 10.9. The van der Waals surface area contributed by atoms with E-state index in [9.17, 15) is 4.79 Å². The van der Waals surface area contributed by atoms with E-state index in [4.69, 9.17) is 9.53 Å². The van der Waals surface area contributed by atoms with Crippen molar-refractivity contribution in [3.05, 3.63) is 0 Å². The highest BCUT2D eigenvalue weighted by Crippen LogP contribution is 1.93. The molecule has 5 heteroatoms. The Balaban J connectivity index is 3.44. The quantitative estimate of drug-likeness (QED) is 0.569. The van der Waals surface area contributed by atoms with E-state index < -0.39 is 9.92 Å². The van der Waals surface area contributed by atoms with Crippen LogP contribution in [0.3, 0.4) is 0 Å². The Bertz CT molecular complexity index is 144. The maximum absolute atomic E-state index is 10.9. The molecule has 0 amide bonds. The van der Waals surface area contributed by atoms with Crippen molar-refractivity contribution in [1.82, 2.24) is 0 Å². The van der Waals surface area contributed by atoms with Gasteiger partial charge in [0.1, 0.15) is 0 Å². The Labute approximate surface area is 75.7 Å². The molecular formula is C7H18NO3Si+. The summed E-state index contributed by atoms with van der Waals surface area (Å²) >= 11 is 0. The Morgan fingerprint density at radius 1 is 1.50 bits per heavy atom. The van der Waals surface area contributed by atoms with E-state index in [0.717, 1.165) is 4.15 Å². The van der Waals surface area contributed by atoms with Crippen LogP contribution >= 0.6 is 0 Å². The smallest absolute Gasteiger partial charge is 0.467 e. The van der Waals surface area contributed by atoms with Crippen LogP contribution in [-0.2, 0) is 9.22 Å². The van der Waals surface area contributed by atoms with Crippen molar-refractivity contribution in [1.29, 1.82) is 0 Å². The van der Waals surface area contributed by atoms with Gasteiger partial charge in [0, 0.05) is 13.0 Å². The second-order valence-electron chi connectivity index (χ2n) is 3.76. The minimum absolute atomic E-state index is 0.0566. The van der Waals surface area contributed by atoms with Crippen molar-refractivity contribution < 1.29 is 18.5 Å². The molecule has 0 saturated heterocycles. The van der Waals surface area contributed by atoms with Crippen molar-refractivity contribution in [3.63, 3.8) is 0 Å². The van der Waals surface area contributed by atoms with E-state index in [1.807, 2.05) is 21.1 Å². The molecule has 0 aliphatic carbocycles. The van der Waals surface area contributed by atoms with Gasteiger partial charge in [0.15, 0.2) is 0 Å². The van der Waals surface area contributed by atoms with Gasteiger partial charge in [-0.25, -0.2) is 0 Å². The zero-order valence-electron chi connectivity index (χ0n) is 8.04. The number of nitrogens with zero attached hydrogens (tertiary/aromatic N) is 1. The third-order valence-electron chi connectivity index (χ3n) is 1.15. The number of quaternary nitrogens is 1. The zero-order chi connectivity index (χ0) is 9.61. The number of carbonyl (C=O) groups is 1. The molecule has 0 atom stereocenters. The summed E-state index contributed by atoms with van der Waals surface area (Å²) in [5, 5.41) is 8.44. The van der Waals surface area contributed by atoms with Gasteiger partial charge < -0.3 is 13.7 Å². The fourth-order valence-electron chi connectivity index (χ4n) is 0.561. The third kappa shape index (κ3) is 7.71. The molecule has 0 rings (SSSR count). The van der Waals surface area contributed by atoms with Gasteiger partial charge in [0.25, 0.3) is 5.97 Å². The monoisotopic (exact) mass is 192 g/mol. The van der Waals surface area contributed by atoms with Crippen molar-refractivity contribution in [2.24, 2.45) is 0 Å². The number of aliphatic hydroxyl groups is 1. The molecule has 0 fully saturated rings. The summed E-state index contributed by atoms with van der Waals surface area (Å²) in [5.41, 5.74) is 0. The molecule has 0 aromatic rings. The lowest BCUT2D eigenvalue weighted by atomic mass is 10.3. The average molecular weight is 192 g/mol. The molecule has 4 nitrogen and oxygen atoms in total. The molecule has 12 heavy (non-hydrogen) atoms. The van der Waals surface area contributed by atoms with Crippen LogP contribution < -0.4 is 0 Å². The van der Waals surface area contributed by atoms with Crippen LogP contribution in [0.2, 0.25) is 0 Å². The first kappa shape index (κ1) is 11.6. The van der Waals surface area contributed by atoms with Gasteiger partial charge in [-0.05, 0) is 6.42 Å². The molecule has 0 unspecified atom stereocenters. The van der Waals surface area contributed by atoms with Crippen molar-refractivity contribution in [3.8, 4) is 0 Å². The fraction of sp³-hybridized carbons (Fsp3) is 0.857. The summed E-state index contributed by atoms with van der Waals surface area (Å²) in [6, 6.07) is 0. The molecule has 0 aromatic carbocycles. The highest BCUT2D eigenvalue weighted by molar-refractivity contribution is 6.21. The van der Waals surface area contributed by atoms with Crippen LogP contribution in [0.15, 0.2) is 0 Å². The molecular weight excluding hydrogens is 174 g/mol. The van der Waals surface area contributed by atoms with E-state index >= 15 is 0 Å². The number of carbonyl (C=O) groups excluding carboxylic acids is 1. The Morgan fingerprint density at radius 2 is 2.08 bits per heavy atom. The van der Waals surface area contributed by atoms with Crippen LogP contribution in [0.25, 0.3) is 0 Å². The minimum atomic E-state index is -0.819. The molecule has 0 aliphatic heterocycles. The van der Waals surface area contributed by atoms with Gasteiger partial charge in [0.05, 0.1) is 21.1 Å². The molecule has 0 aliphatic rings. The highest BCUT2D eigenvalue weighted by Gasteiger charge is 2.12. The fourth-order valence-corrected chi connectivity index (χ4v) is 1.24. The summed E-state index contributed by atoms with van der Waals surface area (Å²) in [6.45, 7) is 0.0566. The molecule has 0 saturated carbocycles. The maximum Gasteiger partial charge on any atom is 0.467 e. The molecule has 0 spiro atoms. The minimum Gasteiger partial charge on any atom is -0.475 e. The summed E-state index contributed by atoms with van der Waals surface area (Å²) in [6.07, 6.45) is 0.841. The van der Waals surface area contributed by atoms with Gasteiger partial charge in [-0.1, -0.05) is 0 Å². The van der Waals surface area contributed by atoms with E-state index in [1.54, 1.807) is 0 Å². The highest BCUT2D eigenvalue weighted by atomic mass is 28.2. The van der Waals surface area contributed by atoms with E-state index in [-0.39, 0.29) is 12.6 Å². The van der Waals surface area contributed by atoms with Gasteiger partial charge in [-0.2, -0.15) is 0 Å². The van der Waals surface area contributed by atoms with E-state index in [1.165, 1.54) is 0 Å². The van der Waals surface area contributed by atoms with Crippen LogP contribution in [-0.4, -0.2) is 52.9 Å². The first-order chi connectivity index (χ1) is 5.45. The van der Waals surface area contributed by atoms with Gasteiger partial charge in [-0.15, -0.1) is 0 Å². The third-order valence-corrected chi connectivity index (χ3v) is 2.38. The summed E-state index contributed by atoms with van der Waals surface area (Å²) in [7, 11) is 5.20. The zero-order valence-corrected chi connectivity index (χ0v) is 9.45. The van der Waals surface area contributed by atoms with Crippen LogP contribution in [0.1, 0.15) is 12.8 Å². The number of aliphatic hydroxyl groups excluding tert-OH is 1. The lowest BCUT2D eigenvalue weighted by Gasteiger charge is -2.23. The standard InChI is InChI=1S/C7H18NO3Si/c1-8(2,3)12-11-7(10)5-4-6-9/h9H,4-6,12H2,1-3H3/q+1. The predicted molar refractivity (Wildman–Crippen MR) is 49.0 cm³/mol. The normalized spacial score (nSPS) is 12.3. The number of hydrogen-bond acceptors (Lipinski definition) is 3. The average Bonchev–Trinajstić information content (AvgIpc) is 1.95. The predicted octanol–water partition coefficient (Wildman–Crippen LogP) is -0.993. The largest absolute Gasteiger partial charge is 0.475 e. The van der Waals surface area contributed by atoms with E-state index in [2.05, 4.69) is 0 Å². The lowest BCUT2D eigenvalue weighted by Crippen LogP contribution is -2.41. The Hall–Kier alpha value is -0.393. The van der Waals surface area contributed by atoms with Gasteiger partial charge >= 0.3 is 9.92 Å². The Morgan fingerprint density at radius 3 is 2.50 bits per heavy atom. The van der Waals surface area contributed by atoms with E-state index in [0.29, 0.717) is 12.8 Å². The molecule has 0 bridgehead atoms. The molecule has 0 aromatic heterocycles. The van der Waals surface area contributed by atoms with Crippen molar-refractivity contribution in [2.45, 2.75) is 12.8 Å². The second kappa shape index (κ2) is 5.29. The van der Waals surface area contributed by atoms with Gasteiger partial charge in [0.2, 0.25) is 0 Å². The lowest BCUT2D eigenvalue weighted by molar-refractivity contribution is -0.762. The van der Waals surface area contributed by atoms with Crippen molar-refractivity contribution in [2.75, 3.05) is 27.7 Å². The van der Waals surface area contributed by atoms with Crippen LogP contribution in [0.4, 0.5) is 0 Å². The number of hydrogen-bond donors (Lipinski definition) is 1. The molecule has 1 N–H and O–H groups in total. The van der Waals surface area contributed by atoms with Crippen molar-refractivity contribution >= 4 is 15.9 Å². The molecule has 0 radical (unpaired) electrons. The molecule has 0 heterocycles. The summed E-state index contributed by atoms with van der Waals surface area (Å²) in [5.74, 6) is -0.177. The second-order valence-corrected chi connectivity index (χ2v) is 6.21. The first-order valence-corrected chi connectivity index (χ1v) is 5.23.